The molecule has 0 bridgehead atoms. The minimum absolute atomic E-state index is 0.126. The molecule has 1 unspecified atom stereocenters. The highest BCUT2D eigenvalue weighted by atomic mass is 35.5. The molecule has 0 aliphatic heterocycles. The van der Waals surface area contributed by atoms with Gasteiger partial charge in [0.1, 0.15) is 4.90 Å². The van der Waals surface area contributed by atoms with E-state index in [1.54, 1.807) is 0 Å². The average molecular weight is 317 g/mol. The second-order valence-electron chi connectivity index (χ2n) is 4.02. The van der Waals surface area contributed by atoms with Crippen LogP contribution < -0.4 is 10.5 Å². The highest BCUT2D eigenvalue weighted by molar-refractivity contribution is 7.89. The molecule has 4 nitrogen and oxygen atoms in total. The van der Waals surface area contributed by atoms with E-state index >= 15 is 0 Å². The number of nitrogens with one attached hydrogen (secondary N) is 1. The summed E-state index contributed by atoms with van der Waals surface area (Å²) in [6.07, 6.45) is -5.72. The number of benzene rings is 1. The van der Waals surface area contributed by atoms with E-state index in [0.717, 1.165) is 13.0 Å². The van der Waals surface area contributed by atoms with Crippen LogP contribution >= 0.6 is 11.6 Å². The summed E-state index contributed by atoms with van der Waals surface area (Å²) in [6.45, 7) is 1.12. The summed E-state index contributed by atoms with van der Waals surface area (Å²) in [5, 5.41) is 0.236. The van der Waals surface area contributed by atoms with Crippen molar-refractivity contribution in [1.82, 2.24) is 4.72 Å². The second kappa shape index (κ2) is 5.56. The van der Waals surface area contributed by atoms with E-state index in [1.165, 1.54) is 12.1 Å². The number of hydrogen-bond acceptors (Lipinski definition) is 3. The molecule has 108 valence electrons. The van der Waals surface area contributed by atoms with Gasteiger partial charge in [-0.05, 0) is 25.1 Å². The first-order valence-electron chi connectivity index (χ1n) is 5.15. The number of nitrogen functional groups attached to an aromatic ring is 1. The summed E-state index contributed by atoms with van der Waals surface area (Å²) < 4.78 is 62.1. The first-order chi connectivity index (χ1) is 8.51. The Hall–Kier alpha value is -0.990. The van der Waals surface area contributed by atoms with E-state index < -0.39 is 28.7 Å². The van der Waals surface area contributed by atoms with Crippen LogP contribution in [0.4, 0.5) is 18.9 Å². The van der Waals surface area contributed by atoms with E-state index in [2.05, 4.69) is 0 Å². The zero-order valence-electron chi connectivity index (χ0n) is 9.83. The smallest absolute Gasteiger partial charge is 0.390 e. The van der Waals surface area contributed by atoms with Gasteiger partial charge in [0.05, 0.1) is 12.1 Å². The fourth-order valence-electron chi connectivity index (χ4n) is 1.48. The van der Waals surface area contributed by atoms with Gasteiger partial charge in [0.15, 0.2) is 0 Å². The Bertz CT molecular complexity index is 560. The molecule has 0 fully saturated rings. The lowest BCUT2D eigenvalue weighted by molar-refractivity contribution is -0.137. The molecule has 0 saturated heterocycles. The van der Waals surface area contributed by atoms with Gasteiger partial charge in [-0.15, -0.1) is 0 Å². The van der Waals surface area contributed by atoms with Crippen LogP contribution in [-0.4, -0.2) is 20.6 Å². The Kier molecular flexibility index (Phi) is 4.70. The van der Waals surface area contributed by atoms with Crippen molar-refractivity contribution in [3.8, 4) is 0 Å². The van der Waals surface area contributed by atoms with Gasteiger partial charge in [0.2, 0.25) is 10.0 Å². The second-order valence-corrected chi connectivity index (χ2v) is 6.14. The first kappa shape index (κ1) is 16.1. The van der Waals surface area contributed by atoms with Crippen LogP contribution in [-0.2, 0) is 10.0 Å². The predicted octanol–water partition coefficient (Wildman–Crippen LogP) is 2.54. The molecule has 0 saturated carbocycles. The molecule has 1 atom stereocenters. The quantitative estimate of drug-likeness (QED) is 0.838. The highest BCUT2D eigenvalue weighted by Crippen LogP contribution is 2.25. The van der Waals surface area contributed by atoms with Crippen LogP contribution in [0.2, 0.25) is 5.02 Å². The Morgan fingerprint density at radius 3 is 2.47 bits per heavy atom. The zero-order valence-corrected chi connectivity index (χ0v) is 11.4. The maximum absolute atomic E-state index is 12.1. The van der Waals surface area contributed by atoms with E-state index in [9.17, 15) is 21.6 Å². The molecule has 0 spiro atoms. The maximum atomic E-state index is 12.1. The number of sulfonamides is 1. The van der Waals surface area contributed by atoms with Crippen LogP contribution in [0.15, 0.2) is 23.1 Å². The van der Waals surface area contributed by atoms with Crippen molar-refractivity contribution < 1.29 is 21.6 Å². The molecule has 1 aromatic carbocycles. The highest BCUT2D eigenvalue weighted by Gasteiger charge is 2.32. The van der Waals surface area contributed by atoms with Crippen LogP contribution in [0.1, 0.15) is 13.3 Å². The molecule has 1 aromatic rings. The van der Waals surface area contributed by atoms with Crippen molar-refractivity contribution in [3.63, 3.8) is 0 Å². The molecule has 9 heteroatoms. The summed E-state index contributed by atoms with van der Waals surface area (Å²) >= 11 is 5.62. The molecule has 0 radical (unpaired) electrons. The number of anilines is 1. The van der Waals surface area contributed by atoms with Crippen LogP contribution in [0.25, 0.3) is 0 Å². The van der Waals surface area contributed by atoms with E-state index in [0.29, 0.717) is 0 Å². The summed E-state index contributed by atoms with van der Waals surface area (Å²) in [6, 6.07) is 2.35. The third kappa shape index (κ3) is 4.88. The fraction of sp³-hybridized carbons (Fsp3) is 0.400. The van der Waals surface area contributed by atoms with Crippen LogP contribution in [0, 0.1) is 0 Å². The molecule has 0 amide bonds. The Morgan fingerprint density at radius 2 is 2.00 bits per heavy atom. The standard InChI is InChI=1S/C10H12ClF3N2O2S/c1-6(5-10(12,13)14)16-19(17,18)9-3-2-7(11)4-8(9)15/h2-4,6,16H,5,15H2,1H3. The molecule has 0 aliphatic carbocycles. The summed E-state index contributed by atoms with van der Waals surface area (Å²) in [4.78, 5) is -0.300. The lowest BCUT2D eigenvalue weighted by Gasteiger charge is -2.16. The summed E-state index contributed by atoms with van der Waals surface area (Å²) in [5.74, 6) is 0. The van der Waals surface area contributed by atoms with E-state index in [4.69, 9.17) is 17.3 Å². The minimum Gasteiger partial charge on any atom is -0.398 e. The fourth-order valence-corrected chi connectivity index (χ4v) is 3.02. The number of alkyl halides is 3. The average Bonchev–Trinajstić information content (AvgIpc) is 2.11. The van der Waals surface area contributed by atoms with Gasteiger partial charge in [0, 0.05) is 11.1 Å². The van der Waals surface area contributed by atoms with Crippen molar-refractivity contribution in [3.05, 3.63) is 23.2 Å². The Labute approximate surface area is 113 Å². The predicted molar refractivity (Wildman–Crippen MR) is 66.3 cm³/mol. The van der Waals surface area contributed by atoms with Gasteiger partial charge < -0.3 is 5.73 Å². The molecule has 19 heavy (non-hydrogen) atoms. The SMILES string of the molecule is CC(CC(F)(F)F)NS(=O)(=O)c1ccc(Cl)cc1N. The molecule has 0 aromatic heterocycles. The molecular formula is C10H12ClF3N2O2S. The largest absolute Gasteiger partial charge is 0.398 e. The molecule has 0 aliphatic rings. The molecular weight excluding hydrogens is 305 g/mol. The number of hydrogen-bond donors (Lipinski definition) is 2. The van der Waals surface area contributed by atoms with Gasteiger partial charge >= 0.3 is 6.18 Å². The third-order valence-electron chi connectivity index (χ3n) is 2.16. The normalized spacial score (nSPS) is 14.4. The van der Waals surface area contributed by atoms with Crippen LogP contribution in [0.3, 0.4) is 0 Å². The van der Waals surface area contributed by atoms with Crippen LogP contribution in [0.5, 0.6) is 0 Å². The van der Waals surface area contributed by atoms with Gasteiger partial charge in [-0.25, -0.2) is 13.1 Å². The molecule has 1 rings (SSSR count). The molecule has 3 N–H and O–H groups in total. The van der Waals surface area contributed by atoms with Gasteiger partial charge in [0.25, 0.3) is 0 Å². The zero-order chi connectivity index (χ0) is 14.8. The maximum Gasteiger partial charge on any atom is 0.390 e. The number of nitrogens with two attached hydrogens (primary N) is 1. The topological polar surface area (TPSA) is 72.2 Å². The number of halogens is 4. The van der Waals surface area contributed by atoms with Crippen molar-refractivity contribution in [2.75, 3.05) is 5.73 Å². The van der Waals surface area contributed by atoms with Crippen molar-refractivity contribution >= 4 is 27.3 Å². The summed E-state index contributed by atoms with van der Waals surface area (Å²) in [7, 11) is -4.11. The van der Waals surface area contributed by atoms with Crippen molar-refractivity contribution in [2.45, 2.75) is 30.5 Å². The lowest BCUT2D eigenvalue weighted by Crippen LogP contribution is -2.36. The Morgan fingerprint density at radius 1 is 1.42 bits per heavy atom. The van der Waals surface area contributed by atoms with Crippen molar-refractivity contribution in [1.29, 1.82) is 0 Å². The van der Waals surface area contributed by atoms with E-state index in [1.807, 2.05) is 4.72 Å². The monoisotopic (exact) mass is 316 g/mol. The van der Waals surface area contributed by atoms with Crippen molar-refractivity contribution in [2.24, 2.45) is 0 Å². The van der Waals surface area contributed by atoms with Gasteiger partial charge in [-0.1, -0.05) is 11.6 Å². The Balaban J connectivity index is 2.93. The molecule has 0 heterocycles. The van der Waals surface area contributed by atoms with Gasteiger partial charge in [-0.3, -0.25) is 0 Å². The van der Waals surface area contributed by atoms with E-state index in [-0.39, 0.29) is 15.6 Å². The van der Waals surface area contributed by atoms with Gasteiger partial charge in [-0.2, -0.15) is 13.2 Å². The summed E-state index contributed by atoms with van der Waals surface area (Å²) in [5.41, 5.74) is 5.36. The lowest BCUT2D eigenvalue weighted by atomic mass is 10.2. The third-order valence-corrected chi connectivity index (χ3v) is 4.05. The minimum atomic E-state index is -4.45. The first-order valence-corrected chi connectivity index (χ1v) is 7.01. The number of rotatable bonds is 4.